The van der Waals surface area contributed by atoms with E-state index in [2.05, 4.69) is 0 Å². The van der Waals surface area contributed by atoms with E-state index in [1.165, 1.54) is 13.8 Å². The Balaban J connectivity index is 2.10. The molecule has 27 heavy (non-hydrogen) atoms. The molecule has 2 aliphatic rings. The lowest BCUT2D eigenvalue weighted by atomic mass is 9.63. The van der Waals surface area contributed by atoms with Gasteiger partial charge in [0.05, 0.1) is 22.9 Å². The summed E-state index contributed by atoms with van der Waals surface area (Å²) in [4.78, 5) is 36.6. The van der Waals surface area contributed by atoms with Gasteiger partial charge in [0.25, 0.3) is 6.29 Å². The molecule has 2 rings (SSSR count). The number of aliphatic hydroxyl groups excluding tert-OH is 1. The summed E-state index contributed by atoms with van der Waals surface area (Å²) >= 11 is 0. The maximum absolute atomic E-state index is 12.5. The Morgan fingerprint density at radius 3 is 2.30 bits per heavy atom. The van der Waals surface area contributed by atoms with E-state index in [9.17, 15) is 24.6 Å². The summed E-state index contributed by atoms with van der Waals surface area (Å²) < 4.78 is 15.4. The van der Waals surface area contributed by atoms with Gasteiger partial charge in [0, 0.05) is 6.42 Å². The van der Waals surface area contributed by atoms with Crippen LogP contribution in [0.2, 0.25) is 0 Å². The molecule has 2 aliphatic heterocycles. The number of ether oxygens (including phenoxy) is 3. The molecule has 0 saturated carbocycles. The minimum atomic E-state index is -1.58. The fraction of sp³-hybridized carbons (Fsp3) is 0.842. The van der Waals surface area contributed by atoms with Crippen LogP contribution in [-0.4, -0.2) is 52.2 Å². The van der Waals surface area contributed by atoms with Crippen LogP contribution in [0.25, 0.3) is 0 Å². The fourth-order valence-electron chi connectivity index (χ4n) is 3.55. The van der Waals surface area contributed by atoms with E-state index < -0.39 is 58.3 Å². The molecule has 1 unspecified atom stereocenters. The van der Waals surface area contributed by atoms with E-state index in [0.29, 0.717) is 0 Å². The number of rotatable bonds is 5. The maximum atomic E-state index is 12.5. The largest absolute Gasteiger partial charge is 0.463 e. The van der Waals surface area contributed by atoms with Gasteiger partial charge in [0.1, 0.15) is 6.10 Å². The van der Waals surface area contributed by atoms with Crippen LogP contribution in [0.4, 0.5) is 0 Å². The fourth-order valence-corrected chi connectivity index (χ4v) is 3.55. The van der Waals surface area contributed by atoms with Crippen molar-refractivity contribution < 1.29 is 38.8 Å². The van der Waals surface area contributed by atoms with Crippen LogP contribution in [0.5, 0.6) is 0 Å². The summed E-state index contributed by atoms with van der Waals surface area (Å²) in [5.41, 5.74) is -4.35. The van der Waals surface area contributed by atoms with E-state index in [-0.39, 0.29) is 12.8 Å². The lowest BCUT2D eigenvalue weighted by Gasteiger charge is -2.39. The number of hydrogen-bond acceptors (Lipinski definition) is 8. The average molecular weight is 386 g/mol. The minimum Gasteiger partial charge on any atom is -0.463 e. The highest BCUT2D eigenvalue weighted by molar-refractivity contribution is 5.90. The second kappa shape index (κ2) is 6.44. The van der Waals surface area contributed by atoms with Crippen LogP contribution in [0.3, 0.4) is 0 Å². The van der Waals surface area contributed by atoms with Gasteiger partial charge in [-0.15, -0.1) is 0 Å². The minimum absolute atomic E-state index is 0.216. The van der Waals surface area contributed by atoms with Crippen molar-refractivity contribution in [3.05, 3.63) is 0 Å². The molecule has 8 nitrogen and oxygen atoms in total. The first-order valence-electron chi connectivity index (χ1n) is 9.08. The highest BCUT2D eigenvalue weighted by Gasteiger charge is 2.73. The third kappa shape index (κ3) is 3.33. The Hall–Kier alpha value is -1.67. The quantitative estimate of drug-likeness (QED) is 0.679. The molecule has 0 aliphatic carbocycles. The van der Waals surface area contributed by atoms with Gasteiger partial charge in [-0.25, -0.2) is 4.79 Å². The molecular weight excluding hydrogens is 356 g/mol. The molecule has 2 N–H and O–H groups in total. The van der Waals surface area contributed by atoms with Crippen molar-refractivity contribution in [1.82, 2.24) is 0 Å². The summed E-state index contributed by atoms with van der Waals surface area (Å²) in [5, 5.41) is 20.8. The van der Waals surface area contributed by atoms with Gasteiger partial charge < -0.3 is 24.4 Å². The first-order valence-corrected chi connectivity index (χ1v) is 9.08. The molecular formula is C19H30O8. The zero-order chi connectivity index (χ0) is 21.0. The van der Waals surface area contributed by atoms with Gasteiger partial charge in [0.2, 0.25) is 0 Å². The lowest BCUT2D eigenvalue weighted by Crippen LogP contribution is -2.49. The predicted octanol–water partition coefficient (Wildman–Crippen LogP) is 1.31. The second-order valence-corrected chi connectivity index (χ2v) is 9.40. The summed E-state index contributed by atoms with van der Waals surface area (Å²) in [5.74, 6) is -2.29. The molecule has 154 valence electrons. The van der Waals surface area contributed by atoms with E-state index in [4.69, 9.17) is 14.2 Å². The molecule has 0 aromatic carbocycles. The Morgan fingerprint density at radius 2 is 1.78 bits per heavy atom. The third-order valence-electron chi connectivity index (χ3n) is 6.49. The van der Waals surface area contributed by atoms with Crippen molar-refractivity contribution in [3.63, 3.8) is 0 Å². The molecule has 0 aromatic heterocycles. The predicted molar refractivity (Wildman–Crippen MR) is 93.1 cm³/mol. The number of esters is 3. The van der Waals surface area contributed by atoms with Gasteiger partial charge in [-0.1, -0.05) is 20.8 Å². The summed E-state index contributed by atoms with van der Waals surface area (Å²) in [6, 6.07) is 0. The number of carbonyl (C=O) groups excluding carboxylic acids is 3. The van der Waals surface area contributed by atoms with E-state index in [1.54, 1.807) is 13.8 Å². The molecule has 2 fully saturated rings. The maximum Gasteiger partial charge on any atom is 0.338 e. The first kappa shape index (κ1) is 21.6. The van der Waals surface area contributed by atoms with Gasteiger partial charge >= 0.3 is 17.9 Å². The van der Waals surface area contributed by atoms with E-state index >= 15 is 0 Å². The highest BCUT2D eigenvalue weighted by Crippen LogP contribution is 2.57. The number of hydrogen-bond donors (Lipinski definition) is 2. The summed E-state index contributed by atoms with van der Waals surface area (Å²) in [6.07, 6.45) is -3.57. The van der Waals surface area contributed by atoms with Crippen LogP contribution in [-0.2, 0) is 28.6 Å². The standard InChI is InChI=1S/C19H30O8/c1-10(8-18(6,24)16(2,3)4)25-11(20)9-17(5)14(23)27-15-19(17,7)12(21)13(22)26-15/h10,12,15,21,24H,8-9H2,1-7H3/t10-,12-,15?,17+,18-,19+/m1/s1. The van der Waals surface area contributed by atoms with Crippen LogP contribution in [0, 0.1) is 16.2 Å². The van der Waals surface area contributed by atoms with Crippen LogP contribution in [0.1, 0.15) is 61.3 Å². The van der Waals surface area contributed by atoms with Crippen molar-refractivity contribution in [2.45, 2.75) is 85.4 Å². The Bertz CT molecular complexity index is 649. The van der Waals surface area contributed by atoms with Gasteiger partial charge in [-0.3, -0.25) is 9.59 Å². The summed E-state index contributed by atoms with van der Waals surface area (Å²) in [6.45, 7) is 11.9. The molecule has 0 aromatic rings. The monoisotopic (exact) mass is 386 g/mol. The van der Waals surface area contributed by atoms with Crippen molar-refractivity contribution in [3.8, 4) is 0 Å². The van der Waals surface area contributed by atoms with Gasteiger partial charge in [-0.2, -0.15) is 0 Å². The Morgan fingerprint density at radius 1 is 1.22 bits per heavy atom. The van der Waals surface area contributed by atoms with Crippen LogP contribution in [0.15, 0.2) is 0 Å². The van der Waals surface area contributed by atoms with Crippen molar-refractivity contribution in [1.29, 1.82) is 0 Å². The molecule has 6 atom stereocenters. The van der Waals surface area contributed by atoms with Crippen LogP contribution < -0.4 is 0 Å². The molecule has 0 radical (unpaired) electrons. The zero-order valence-corrected chi connectivity index (χ0v) is 17.0. The highest BCUT2D eigenvalue weighted by atomic mass is 16.7. The van der Waals surface area contributed by atoms with Crippen LogP contribution >= 0.6 is 0 Å². The molecule has 2 saturated heterocycles. The first-order chi connectivity index (χ1) is 12.1. The lowest BCUT2D eigenvalue weighted by molar-refractivity contribution is -0.174. The summed E-state index contributed by atoms with van der Waals surface area (Å²) in [7, 11) is 0. The Kier molecular flexibility index (Phi) is 5.16. The average Bonchev–Trinajstić information content (AvgIpc) is 2.79. The van der Waals surface area contributed by atoms with Crippen molar-refractivity contribution in [2.75, 3.05) is 0 Å². The number of aliphatic hydroxyl groups is 2. The van der Waals surface area contributed by atoms with Crippen molar-refractivity contribution >= 4 is 17.9 Å². The Labute approximate surface area is 159 Å². The van der Waals surface area contributed by atoms with Gasteiger partial charge in [0.15, 0.2) is 6.10 Å². The topological polar surface area (TPSA) is 119 Å². The second-order valence-electron chi connectivity index (χ2n) is 9.40. The normalized spacial score (nSPS) is 36.5. The van der Waals surface area contributed by atoms with Crippen molar-refractivity contribution in [2.24, 2.45) is 16.2 Å². The number of fused-ring (bicyclic) bond motifs is 1. The molecule has 0 bridgehead atoms. The molecule has 0 spiro atoms. The van der Waals surface area contributed by atoms with E-state index in [0.717, 1.165) is 0 Å². The molecule has 0 amide bonds. The van der Waals surface area contributed by atoms with E-state index in [1.807, 2.05) is 20.8 Å². The third-order valence-corrected chi connectivity index (χ3v) is 6.49. The SMILES string of the molecule is C[C@H](C[C@@](C)(O)C(C)(C)C)OC(=O)C[C@@]1(C)C(=O)OC2OC(=O)[C@@H](O)[C@@]21C. The number of carbonyl (C=O) groups is 3. The smallest absolute Gasteiger partial charge is 0.338 e. The molecule has 2 heterocycles. The molecule has 8 heteroatoms. The zero-order valence-electron chi connectivity index (χ0n) is 17.0. The van der Waals surface area contributed by atoms with Gasteiger partial charge in [-0.05, 0) is 33.1 Å².